The van der Waals surface area contributed by atoms with Crippen molar-refractivity contribution in [1.29, 1.82) is 0 Å². The zero-order valence-corrected chi connectivity index (χ0v) is 12.7. The number of alkyl carbamates (subject to hydrolysis) is 1. The summed E-state index contributed by atoms with van der Waals surface area (Å²) in [7, 11) is 0. The van der Waals surface area contributed by atoms with Crippen molar-refractivity contribution in [3.05, 3.63) is 0 Å². The van der Waals surface area contributed by atoms with E-state index < -0.39 is 18.1 Å². The van der Waals surface area contributed by atoms with E-state index in [1.165, 1.54) is 6.92 Å². The number of ether oxygens (including phenoxy) is 2. The Morgan fingerprint density at radius 1 is 1.24 bits per heavy atom. The van der Waals surface area contributed by atoms with E-state index >= 15 is 0 Å². The van der Waals surface area contributed by atoms with Crippen LogP contribution in [0.5, 0.6) is 0 Å². The lowest BCUT2D eigenvalue weighted by Crippen LogP contribution is -2.44. The van der Waals surface area contributed by atoms with Crippen LogP contribution in [0.3, 0.4) is 0 Å². The standard InChI is InChI=1S/C13H24F2N2O4/c1-9(2)10(18)20-7-8-21-12(19)17-6-4-5-13(3,16)11(14)15/h9,11H,4-8,16H2,1-3H3,(H,17,19). The summed E-state index contributed by atoms with van der Waals surface area (Å²) in [6.45, 7) is 4.76. The van der Waals surface area contributed by atoms with Crippen LogP contribution in [0.4, 0.5) is 13.6 Å². The first-order valence-electron chi connectivity index (χ1n) is 6.81. The summed E-state index contributed by atoms with van der Waals surface area (Å²) < 4.78 is 34.4. The van der Waals surface area contributed by atoms with Crippen molar-refractivity contribution in [3.8, 4) is 0 Å². The van der Waals surface area contributed by atoms with Gasteiger partial charge in [0.1, 0.15) is 13.2 Å². The fourth-order valence-electron chi connectivity index (χ4n) is 1.26. The van der Waals surface area contributed by atoms with Gasteiger partial charge in [0.15, 0.2) is 0 Å². The van der Waals surface area contributed by atoms with Crippen LogP contribution in [0.15, 0.2) is 0 Å². The maximum absolute atomic E-state index is 12.4. The van der Waals surface area contributed by atoms with Crippen molar-refractivity contribution in [1.82, 2.24) is 5.32 Å². The van der Waals surface area contributed by atoms with Crippen LogP contribution in [0.1, 0.15) is 33.6 Å². The minimum Gasteiger partial charge on any atom is -0.462 e. The van der Waals surface area contributed by atoms with Crippen LogP contribution < -0.4 is 11.1 Å². The molecule has 1 atom stereocenters. The van der Waals surface area contributed by atoms with E-state index in [2.05, 4.69) is 5.32 Å². The van der Waals surface area contributed by atoms with Crippen LogP contribution in [0.25, 0.3) is 0 Å². The van der Waals surface area contributed by atoms with Crippen molar-refractivity contribution in [2.24, 2.45) is 11.7 Å². The molecule has 0 aromatic heterocycles. The van der Waals surface area contributed by atoms with Gasteiger partial charge in [0.05, 0.1) is 11.5 Å². The molecule has 0 radical (unpaired) electrons. The molecule has 0 aliphatic heterocycles. The summed E-state index contributed by atoms with van der Waals surface area (Å²) in [6.07, 6.45) is -2.91. The van der Waals surface area contributed by atoms with E-state index in [9.17, 15) is 18.4 Å². The van der Waals surface area contributed by atoms with Crippen molar-refractivity contribution in [2.75, 3.05) is 19.8 Å². The van der Waals surface area contributed by atoms with Crippen LogP contribution in [-0.2, 0) is 14.3 Å². The van der Waals surface area contributed by atoms with E-state index in [4.69, 9.17) is 15.2 Å². The number of carbonyl (C=O) groups excluding carboxylic acids is 2. The number of amides is 1. The van der Waals surface area contributed by atoms with Crippen molar-refractivity contribution < 1.29 is 27.8 Å². The molecule has 124 valence electrons. The lowest BCUT2D eigenvalue weighted by atomic mass is 9.98. The molecule has 0 rings (SSSR count). The molecular weight excluding hydrogens is 286 g/mol. The molecule has 0 bridgehead atoms. The number of rotatable bonds is 9. The fraction of sp³-hybridized carbons (Fsp3) is 0.846. The molecule has 0 saturated heterocycles. The van der Waals surface area contributed by atoms with Crippen LogP contribution in [-0.4, -0.2) is 43.8 Å². The number of nitrogens with one attached hydrogen (secondary N) is 1. The summed E-state index contributed by atoms with van der Waals surface area (Å²) >= 11 is 0. The van der Waals surface area contributed by atoms with E-state index in [1.807, 2.05) is 0 Å². The second kappa shape index (κ2) is 9.49. The fourth-order valence-corrected chi connectivity index (χ4v) is 1.26. The number of esters is 1. The highest BCUT2D eigenvalue weighted by molar-refractivity contribution is 5.71. The predicted molar refractivity (Wildman–Crippen MR) is 73.0 cm³/mol. The monoisotopic (exact) mass is 310 g/mol. The van der Waals surface area contributed by atoms with Crippen LogP contribution in [0.2, 0.25) is 0 Å². The van der Waals surface area contributed by atoms with Gasteiger partial charge in [-0.05, 0) is 19.8 Å². The third-order valence-electron chi connectivity index (χ3n) is 2.69. The Kier molecular flexibility index (Phi) is 8.84. The van der Waals surface area contributed by atoms with Crippen LogP contribution in [0, 0.1) is 5.92 Å². The van der Waals surface area contributed by atoms with Crippen molar-refractivity contribution in [2.45, 2.75) is 45.6 Å². The number of halogens is 2. The Balaban J connectivity index is 3.62. The van der Waals surface area contributed by atoms with Gasteiger partial charge in [-0.3, -0.25) is 4.79 Å². The predicted octanol–water partition coefficient (Wildman–Crippen LogP) is 1.67. The summed E-state index contributed by atoms with van der Waals surface area (Å²) in [6, 6.07) is 0. The third kappa shape index (κ3) is 9.17. The van der Waals surface area contributed by atoms with Gasteiger partial charge >= 0.3 is 12.1 Å². The Morgan fingerprint density at radius 2 is 1.81 bits per heavy atom. The number of alkyl halides is 2. The molecular formula is C13H24F2N2O4. The first-order chi connectivity index (χ1) is 9.66. The quantitative estimate of drug-likeness (QED) is 0.499. The van der Waals surface area contributed by atoms with Gasteiger partial charge in [-0.2, -0.15) is 0 Å². The molecule has 0 fully saturated rings. The van der Waals surface area contributed by atoms with Gasteiger partial charge in [0.25, 0.3) is 6.43 Å². The van der Waals surface area contributed by atoms with Gasteiger partial charge in [0, 0.05) is 6.54 Å². The molecule has 6 nitrogen and oxygen atoms in total. The van der Waals surface area contributed by atoms with E-state index in [0.717, 1.165) is 0 Å². The number of nitrogens with two attached hydrogens (primary N) is 1. The number of carbonyl (C=O) groups is 2. The van der Waals surface area contributed by atoms with E-state index in [1.54, 1.807) is 13.8 Å². The van der Waals surface area contributed by atoms with Gasteiger partial charge in [0.2, 0.25) is 0 Å². The SMILES string of the molecule is CC(C)C(=O)OCCOC(=O)NCCCC(C)(N)C(F)F. The average molecular weight is 310 g/mol. The van der Waals surface area contributed by atoms with Gasteiger partial charge < -0.3 is 20.5 Å². The van der Waals surface area contributed by atoms with E-state index in [-0.39, 0.29) is 38.1 Å². The lowest BCUT2D eigenvalue weighted by molar-refractivity contribution is -0.148. The molecule has 0 saturated carbocycles. The molecule has 3 N–H and O–H groups in total. The molecule has 8 heteroatoms. The minimum atomic E-state index is -2.61. The number of hydrogen-bond acceptors (Lipinski definition) is 5. The average Bonchev–Trinajstić information content (AvgIpc) is 2.39. The second-order valence-corrected chi connectivity index (χ2v) is 5.29. The highest BCUT2D eigenvalue weighted by Crippen LogP contribution is 2.17. The molecule has 0 aromatic rings. The maximum Gasteiger partial charge on any atom is 0.407 e. The van der Waals surface area contributed by atoms with E-state index in [0.29, 0.717) is 6.42 Å². The van der Waals surface area contributed by atoms with Crippen molar-refractivity contribution in [3.63, 3.8) is 0 Å². The normalized spacial score (nSPS) is 13.9. The molecule has 1 amide bonds. The molecule has 21 heavy (non-hydrogen) atoms. The summed E-state index contributed by atoms with van der Waals surface area (Å²) in [4.78, 5) is 22.3. The third-order valence-corrected chi connectivity index (χ3v) is 2.69. The summed E-state index contributed by atoms with van der Waals surface area (Å²) in [5, 5.41) is 2.40. The van der Waals surface area contributed by atoms with Gasteiger partial charge in [-0.15, -0.1) is 0 Å². The smallest absolute Gasteiger partial charge is 0.407 e. The molecule has 0 aromatic carbocycles. The Labute approximate surface area is 123 Å². The first kappa shape index (κ1) is 19.6. The highest BCUT2D eigenvalue weighted by Gasteiger charge is 2.29. The maximum atomic E-state index is 12.4. The lowest BCUT2D eigenvalue weighted by Gasteiger charge is -2.23. The zero-order valence-electron chi connectivity index (χ0n) is 12.7. The molecule has 0 spiro atoms. The van der Waals surface area contributed by atoms with Gasteiger partial charge in [-0.25, -0.2) is 13.6 Å². The molecule has 0 heterocycles. The summed E-state index contributed by atoms with van der Waals surface area (Å²) in [5.74, 6) is -0.604. The first-order valence-corrected chi connectivity index (χ1v) is 6.81. The molecule has 0 aliphatic rings. The van der Waals surface area contributed by atoms with Gasteiger partial charge in [-0.1, -0.05) is 13.8 Å². The van der Waals surface area contributed by atoms with Crippen LogP contribution >= 0.6 is 0 Å². The Bertz CT molecular complexity index is 336. The highest BCUT2D eigenvalue weighted by atomic mass is 19.3. The molecule has 1 unspecified atom stereocenters. The molecule has 0 aliphatic carbocycles. The Morgan fingerprint density at radius 3 is 2.33 bits per heavy atom. The largest absolute Gasteiger partial charge is 0.462 e. The number of hydrogen-bond donors (Lipinski definition) is 2. The van der Waals surface area contributed by atoms with Crippen molar-refractivity contribution >= 4 is 12.1 Å². The zero-order chi connectivity index (χ0) is 16.5. The summed E-state index contributed by atoms with van der Waals surface area (Å²) in [5.41, 5.74) is 3.83. The minimum absolute atomic E-state index is 0.0172. The second-order valence-electron chi connectivity index (χ2n) is 5.29. The topological polar surface area (TPSA) is 90.6 Å². The Hall–Kier alpha value is -1.44.